The fourth-order valence-electron chi connectivity index (χ4n) is 0.975. The molecule has 0 aromatic heterocycles. The monoisotopic (exact) mass is 176 g/mol. The van der Waals surface area contributed by atoms with Crippen molar-refractivity contribution in [3.8, 4) is 0 Å². The SMILES string of the molecule is C=C.CCc1ccc(C(C)=O)cc1. The van der Waals surface area contributed by atoms with Crippen LogP contribution in [0.4, 0.5) is 0 Å². The summed E-state index contributed by atoms with van der Waals surface area (Å²) in [7, 11) is 0. The maximum absolute atomic E-state index is 10.8. The smallest absolute Gasteiger partial charge is 0.159 e. The number of ketones is 1. The molecule has 0 amide bonds. The van der Waals surface area contributed by atoms with Crippen LogP contribution in [0.1, 0.15) is 29.8 Å². The first-order chi connectivity index (χ1) is 6.24. The summed E-state index contributed by atoms with van der Waals surface area (Å²) in [5.41, 5.74) is 2.07. The summed E-state index contributed by atoms with van der Waals surface area (Å²) in [6.07, 6.45) is 1.03. The van der Waals surface area contributed by atoms with Gasteiger partial charge in [-0.2, -0.15) is 0 Å². The highest BCUT2D eigenvalue weighted by atomic mass is 16.1. The third-order valence-corrected chi connectivity index (χ3v) is 1.77. The van der Waals surface area contributed by atoms with Crippen molar-refractivity contribution < 1.29 is 4.79 Å². The Hall–Kier alpha value is -1.37. The van der Waals surface area contributed by atoms with Crippen molar-refractivity contribution >= 4 is 5.78 Å². The van der Waals surface area contributed by atoms with E-state index in [2.05, 4.69) is 20.1 Å². The predicted molar refractivity (Wildman–Crippen MR) is 57.1 cm³/mol. The zero-order valence-electron chi connectivity index (χ0n) is 8.34. The van der Waals surface area contributed by atoms with Gasteiger partial charge in [0.15, 0.2) is 5.78 Å². The lowest BCUT2D eigenvalue weighted by atomic mass is 10.1. The standard InChI is InChI=1S/C10H12O.C2H4/c1-3-9-4-6-10(7-5-9)8(2)11;1-2/h4-7H,3H2,1-2H3;1-2H2. The van der Waals surface area contributed by atoms with Gasteiger partial charge in [0.2, 0.25) is 0 Å². The molecule has 0 saturated carbocycles. The van der Waals surface area contributed by atoms with Crippen LogP contribution in [0.25, 0.3) is 0 Å². The molecule has 1 rings (SSSR count). The third kappa shape index (κ3) is 3.70. The molecule has 1 heteroatoms. The van der Waals surface area contributed by atoms with E-state index >= 15 is 0 Å². The first-order valence-electron chi connectivity index (χ1n) is 4.34. The van der Waals surface area contributed by atoms with E-state index in [0.29, 0.717) is 0 Å². The van der Waals surface area contributed by atoms with E-state index in [9.17, 15) is 4.79 Å². The highest BCUT2D eigenvalue weighted by Gasteiger charge is 1.96. The van der Waals surface area contributed by atoms with Gasteiger partial charge in [-0.05, 0) is 18.9 Å². The highest BCUT2D eigenvalue weighted by Crippen LogP contribution is 2.04. The van der Waals surface area contributed by atoms with E-state index in [0.717, 1.165) is 12.0 Å². The van der Waals surface area contributed by atoms with Crippen molar-refractivity contribution in [2.24, 2.45) is 0 Å². The third-order valence-electron chi connectivity index (χ3n) is 1.77. The summed E-state index contributed by atoms with van der Waals surface area (Å²) in [4.78, 5) is 10.8. The fraction of sp³-hybridized carbons (Fsp3) is 0.250. The highest BCUT2D eigenvalue weighted by molar-refractivity contribution is 5.93. The second kappa shape index (κ2) is 6.18. The molecule has 0 saturated heterocycles. The minimum absolute atomic E-state index is 0.132. The van der Waals surface area contributed by atoms with E-state index in [1.807, 2.05) is 24.3 Å². The van der Waals surface area contributed by atoms with E-state index < -0.39 is 0 Å². The van der Waals surface area contributed by atoms with Gasteiger partial charge in [0.25, 0.3) is 0 Å². The maximum Gasteiger partial charge on any atom is 0.159 e. The molecule has 1 aromatic rings. The molecule has 13 heavy (non-hydrogen) atoms. The number of rotatable bonds is 2. The van der Waals surface area contributed by atoms with Crippen molar-refractivity contribution in [1.82, 2.24) is 0 Å². The molecule has 0 unspecified atom stereocenters. The van der Waals surface area contributed by atoms with Gasteiger partial charge in [0.05, 0.1) is 0 Å². The Morgan fingerprint density at radius 1 is 1.23 bits per heavy atom. The molecule has 1 aromatic carbocycles. The van der Waals surface area contributed by atoms with Gasteiger partial charge in [-0.15, -0.1) is 13.2 Å². The molecule has 1 nitrogen and oxygen atoms in total. The topological polar surface area (TPSA) is 17.1 Å². The van der Waals surface area contributed by atoms with Gasteiger partial charge in [0, 0.05) is 5.56 Å². The van der Waals surface area contributed by atoms with Gasteiger partial charge >= 0.3 is 0 Å². The summed E-state index contributed by atoms with van der Waals surface area (Å²) in [6.45, 7) is 9.68. The Balaban J connectivity index is 0.000000671. The molecular weight excluding hydrogens is 160 g/mol. The van der Waals surface area contributed by atoms with E-state index in [4.69, 9.17) is 0 Å². The summed E-state index contributed by atoms with van der Waals surface area (Å²) in [6, 6.07) is 7.75. The Morgan fingerprint density at radius 3 is 2.00 bits per heavy atom. The molecule has 0 heterocycles. The molecule has 0 aliphatic carbocycles. The van der Waals surface area contributed by atoms with Crippen molar-refractivity contribution in [2.75, 3.05) is 0 Å². The first kappa shape index (κ1) is 11.6. The first-order valence-corrected chi connectivity index (χ1v) is 4.34. The quantitative estimate of drug-likeness (QED) is 0.499. The predicted octanol–water partition coefficient (Wildman–Crippen LogP) is 3.25. The Kier molecular flexibility index (Phi) is 5.53. The number of carbonyl (C=O) groups is 1. The average molecular weight is 176 g/mol. The summed E-state index contributed by atoms with van der Waals surface area (Å²) in [5, 5.41) is 0. The van der Waals surface area contributed by atoms with Crippen LogP contribution < -0.4 is 0 Å². The summed E-state index contributed by atoms with van der Waals surface area (Å²) in [5.74, 6) is 0.132. The van der Waals surface area contributed by atoms with Crippen LogP contribution >= 0.6 is 0 Å². The molecular formula is C12H16O. The number of hydrogen-bond acceptors (Lipinski definition) is 1. The normalized spacial score (nSPS) is 8.46. The lowest BCUT2D eigenvalue weighted by Crippen LogP contribution is -1.91. The number of benzene rings is 1. The molecule has 0 N–H and O–H groups in total. The minimum atomic E-state index is 0.132. The van der Waals surface area contributed by atoms with Gasteiger partial charge in [-0.1, -0.05) is 31.2 Å². The van der Waals surface area contributed by atoms with E-state index in [1.54, 1.807) is 6.92 Å². The Bertz CT molecular complexity index is 259. The zero-order valence-corrected chi connectivity index (χ0v) is 8.34. The largest absolute Gasteiger partial charge is 0.295 e. The van der Waals surface area contributed by atoms with Gasteiger partial charge in [0.1, 0.15) is 0 Å². The molecule has 0 radical (unpaired) electrons. The van der Waals surface area contributed by atoms with Crippen molar-refractivity contribution in [3.63, 3.8) is 0 Å². The molecule has 0 aliphatic rings. The second-order valence-corrected chi connectivity index (χ2v) is 2.61. The van der Waals surface area contributed by atoms with Crippen LogP contribution in [0.5, 0.6) is 0 Å². The maximum atomic E-state index is 10.8. The second-order valence-electron chi connectivity index (χ2n) is 2.61. The average Bonchev–Trinajstić information content (AvgIpc) is 2.21. The lowest BCUT2D eigenvalue weighted by molar-refractivity contribution is 0.101. The van der Waals surface area contributed by atoms with Crippen molar-refractivity contribution in [2.45, 2.75) is 20.3 Å². The number of hydrogen-bond donors (Lipinski definition) is 0. The van der Waals surface area contributed by atoms with Crippen LogP contribution in [0.3, 0.4) is 0 Å². The van der Waals surface area contributed by atoms with Gasteiger partial charge in [-0.25, -0.2) is 0 Å². The Labute approximate surface area is 80.1 Å². The number of aryl methyl sites for hydroxylation is 1. The summed E-state index contributed by atoms with van der Waals surface area (Å²) < 4.78 is 0. The van der Waals surface area contributed by atoms with E-state index in [1.165, 1.54) is 5.56 Å². The molecule has 0 fully saturated rings. The van der Waals surface area contributed by atoms with Crippen LogP contribution in [-0.2, 0) is 6.42 Å². The molecule has 70 valence electrons. The molecule has 0 atom stereocenters. The van der Waals surface area contributed by atoms with Crippen molar-refractivity contribution in [3.05, 3.63) is 48.6 Å². The van der Waals surface area contributed by atoms with Crippen LogP contribution in [0, 0.1) is 0 Å². The molecule has 0 spiro atoms. The fourth-order valence-corrected chi connectivity index (χ4v) is 0.975. The number of carbonyl (C=O) groups excluding carboxylic acids is 1. The van der Waals surface area contributed by atoms with Crippen LogP contribution in [-0.4, -0.2) is 5.78 Å². The Morgan fingerprint density at radius 2 is 1.69 bits per heavy atom. The van der Waals surface area contributed by atoms with Crippen molar-refractivity contribution in [1.29, 1.82) is 0 Å². The minimum Gasteiger partial charge on any atom is -0.295 e. The number of Topliss-reactive ketones (excluding diaryl/α,β-unsaturated/α-hetero) is 1. The zero-order chi connectivity index (χ0) is 10.3. The van der Waals surface area contributed by atoms with Crippen LogP contribution in [0.2, 0.25) is 0 Å². The molecule has 0 aliphatic heterocycles. The van der Waals surface area contributed by atoms with Gasteiger partial charge < -0.3 is 0 Å². The van der Waals surface area contributed by atoms with E-state index in [-0.39, 0.29) is 5.78 Å². The van der Waals surface area contributed by atoms with Crippen LogP contribution in [0.15, 0.2) is 37.4 Å². The van der Waals surface area contributed by atoms with Gasteiger partial charge in [-0.3, -0.25) is 4.79 Å². The lowest BCUT2D eigenvalue weighted by Gasteiger charge is -1.97. The summed E-state index contributed by atoms with van der Waals surface area (Å²) >= 11 is 0. The molecule has 0 bridgehead atoms.